The summed E-state index contributed by atoms with van der Waals surface area (Å²) in [5.41, 5.74) is 3.49. The van der Waals surface area contributed by atoms with Crippen LogP contribution in [0.15, 0.2) is 6.20 Å². The quantitative estimate of drug-likeness (QED) is 0.618. The lowest BCUT2D eigenvalue weighted by atomic mass is 9.83. The van der Waals surface area contributed by atoms with Gasteiger partial charge in [0.2, 0.25) is 0 Å². The maximum absolute atomic E-state index is 4.48. The van der Waals surface area contributed by atoms with E-state index in [0.29, 0.717) is 5.41 Å². The predicted octanol–water partition coefficient (Wildman–Crippen LogP) is 2.76. The number of rotatable bonds is 0. The molecule has 2 nitrogen and oxygen atoms in total. The van der Waals surface area contributed by atoms with Gasteiger partial charge in [0.1, 0.15) is 0 Å². The first-order chi connectivity index (χ1) is 6.30. The molecule has 0 spiro atoms. The van der Waals surface area contributed by atoms with Crippen LogP contribution in [0.4, 0.5) is 0 Å². The molecule has 0 atom stereocenters. The van der Waals surface area contributed by atoms with E-state index in [9.17, 15) is 0 Å². The Balaban J connectivity index is 2.42. The molecule has 1 aliphatic rings. The normalized spacial score (nSPS) is 19.8. The van der Waals surface area contributed by atoms with Crippen molar-refractivity contribution in [1.82, 2.24) is 9.78 Å². The van der Waals surface area contributed by atoms with E-state index < -0.39 is 0 Å². The minimum atomic E-state index is 0.230. The fraction of sp³-hybridized carbons (Fsp3) is 0.750. The van der Waals surface area contributed by atoms with Crippen LogP contribution in [0.2, 0.25) is 0 Å². The van der Waals surface area contributed by atoms with Crippen molar-refractivity contribution in [3.8, 4) is 0 Å². The summed E-state index contributed by atoms with van der Waals surface area (Å²) < 4.78 is 2.18. The highest BCUT2D eigenvalue weighted by Gasteiger charge is 2.33. The molecule has 0 saturated carbocycles. The van der Waals surface area contributed by atoms with Crippen LogP contribution in [0.5, 0.6) is 0 Å². The molecule has 0 fully saturated rings. The van der Waals surface area contributed by atoms with Gasteiger partial charge in [-0.15, -0.1) is 0 Å². The standard InChI is InChI=1S/C12H20N2/c1-11(2,3)9-7-13-14-8-12(4,5)6-10(9)14/h7H,6,8H2,1-5H3. The van der Waals surface area contributed by atoms with E-state index in [1.54, 1.807) is 0 Å². The van der Waals surface area contributed by atoms with Crippen molar-refractivity contribution >= 4 is 0 Å². The van der Waals surface area contributed by atoms with Gasteiger partial charge < -0.3 is 0 Å². The first-order valence-electron chi connectivity index (χ1n) is 5.35. The van der Waals surface area contributed by atoms with Crippen LogP contribution in [0.3, 0.4) is 0 Å². The van der Waals surface area contributed by atoms with E-state index >= 15 is 0 Å². The topological polar surface area (TPSA) is 17.8 Å². The van der Waals surface area contributed by atoms with Gasteiger partial charge in [0, 0.05) is 12.2 Å². The zero-order valence-electron chi connectivity index (χ0n) is 9.89. The summed E-state index contributed by atoms with van der Waals surface area (Å²) in [7, 11) is 0. The molecule has 1 aliphatic heterocycles. The van der Waals surface area contributed by atoms with Crippen molar-refractivity contribution in [3.05, 3.63) is 17.5 Å². The largest absolute Gasteiger partial charge is 0.269 e. The predicted molar refractivity (Wildman–Crippen MR) is 58.4 cm³/mol. The summed E-state index contributed by atoms with van der Waals surface area (Å²) in [5.74, 6) is 0. The van der Waals surface area contributed by atoms with Crippen molar-refractivity contribution in [2.24, 2.45) is 5.41 Å². The van der Waals surface area contributed by atoms with E-state index in [-0.39, 0.29) is 5.41 Å². The first-order valence-corrected chi connectivity index (χ1v) is 5.35. The van der Waals surface area contributed by atoms with Crippen LogP contribution < -0.4 is 0 Å². The Morgan fingerprint density at radius 2 is 2.00 bits per heavy atom. The molecule has 1 aromatic heterocycles. The first kappa shape index (κ1) is 9.75. The van der Waals surface area contributed by atoms with Crippen LogP contribution in [-0.2, 0) is 18.4 Å². The van der Waals surface area contributed by atoms with Gasteiger partial charge in [-0.1, -0.05) is 34.6 Å². The second-order valence-electron chi connectivity index (χ2n) is 6.25. The molecular formula is C12H20N2. The molecule has 0 aliphatic carbocycles. The SMILES string of the molecule is CC1(C)Cc2c(C(C)(C)C)cnn2C1. The molecule has 2 heteroatoms. The second kappa shape index (κ2) is 2.62. The maximum atomic E-state index is 4.48. The molecule has 0 unspecified atom stereocenters. The highest BCUT2D eigenvalue weighted by Crippen LogP contribution is 2.36. The lowest BCUT2D eigenvalue weighted by Crippen LogP contribution is -2.15. The number of fused-ring (bicyclic) bond motifs is 1. The molecule has 0 saturated heterocycles. The number of aromatic nitrogens is 2. The molecule has 2 rings (SSSR count). The van der Waals surface area contributed by atoms with Crippen LogP contribution >= 0.6 is 0 Å². The molecule has 0 bridgehead atoms. The maximum Gasteiger partial charge on any atom is 0.0530 e. The Morgan fingerprint density at radius 3 is 2.57 bits per heavy atom. The van der Waals surface area contributed by atoms with E-state index in [1.165, 1.54) is 17.7 Å². The summed E-state index contributed by atoms with van der Waals surface area (Å²) in [5, 5.41) is 4.48. The highest BCUT2D eigenvalue weighted by molar-refractivity contribution is 5.28. The summed E-state index contributed by atoms with van der Waals surface area (Å²) in [6, 6.07) is 0. The average Bonchev–Trinajstić information content (AvgIpc) is 2.38. The van der Waals surface area contributed by atoms with Crippen LogP contribution in [-0.4, -0.2) is 9.78 Å². The van der Waals surface area contributed by atoms with Crippen LogP contribution in [0, 0.1) is 5.41 Å². The Morgan fingerprint density at radius 1 is 1.36 bits per heavy atom. The summed E-state index contributed by atoms with van der Waals surface area (Å²) >= 11 is 0. The molecule has 1 aromatic rings. The monoisotopic (exact) mass is 192 g/mol. The fourth-order valence-electron chi connectivity index (χ4n) is 2.27. The third-order valence-electron chi connectivity index (χ3n) is 2.98. The average molecular weight is 192 g/mol. The van der Waals surface area contributed by atoms with Crippen molar-refractivity contribution in [2.45, 2.75) is 53.0 Å². The van der Waals surface area contributed by atoms with Gasteiger partial charge in [0.15, 0.2) is 0 Å². The Labute approximate surface area is 86.3 Å². The van der Waals surface area contributed by atoms with Crippen molar-refractivity contribution in [2.75, 3.05) is 0 Å². The molecule has 2 heterocycles. The molecule has 0 amide bonds. The molecular weight excluding hydrogens is 172 g/mol. The minimum Gasteiger partial charge on any atom is -0.269 e. The molecule has 0 radical (unpaired) electrons. The lowest BCUT2D eigenvalue weighted by molar-refractivity contribution is 0.346. The second-order valence-corrected chi connectivity index (χ2v) is 6.25. The Kier molecular flexibility index (Phi) is 1.82. The molecule has 0 aromatic carbocycles. The third kappa shape index (κ3) is 1.47. The summed E-state index contributed by atoms with van der Waals surface area (Å²) in [6.45, 7) is 12.5. The van der Waals surface area contributed by atoms with Gasteiger partial charge >= 0.3 is 0 Å². The summed E-state index contributed by atoms with van der Waals surface area (Å²) in [4.78, 5) is 0. The van der Waals surface area contributed by atoms with Crippen molar-refractivity contribution in [3.63, 3.8) is 0 Å². The lowest BCUT2D eigenvalue weighted by Gasteiger charge is -2.19. The Hall–Kier alpha value is -0.790. The van der Waals surface area contributed by atoms with E-state index in [2.05, 4.69) is 44.4 Å². The van der Waals surface area contributed by atoms with Gasteiger partial charge in [0.25, 0.3) is 0 Å². The number of nitrogens with zero attached hydrogens (tertiary/aromatic N) is 2. The smallest absolute Gasteiger partial charge is 0.0530 e. The zero-order valence-corrected chi connectivity index (χ0v) is 9.89. The van der Waals surface area contributed by atoms with Gasteiger partial charge in [-0.3, -0.25) is 4.68 Å². The molecule has 14 heavy (non-hydrogen) atoms. The van der Waals surface area contributed by atoms with Gasteiger partial charge in [-0.05, 0) is 22.8 Å². The zero-order chi connectivity index (χ0) is 10.6. The third-order valence-corrected chi connectivity index (χ3v) is 2.98. The van der Waals surface area contributed by atoms with Crippen molar-refractivity contribution < 1.29 is 0 Å². The molecule has 78 valence electrons. The van der Waals surface area contributed by atoms with Gasteiger partial charge in [-0.25, -0.2) is 0 Å². The van der Waals surface area contributed by atoms with Gasteiger partial charge in [0.05, 0.1) is 6.20 Å². The van der Waals surface area contributed by atoms with Crippen molar-refractivity contribution in [1.29, 1.82) is 0 Å². The van der Waals surface area contributed by atoms with E-state index in [1.807, 2.05) is 6.20 Å². The van der Waals surface area contributed by atoms with Gasteiger partial charge in [-0.2, -0.15) is 5.10 Å². The van der Waals surface area contributed by atoms with E-state index in [0.717, 1.165) is 6.54 Å². The highest BCUT2D eigenvalue weighted by atomic mass is 15.3. The summed E-state index contributed by atoms with van der Waals surface area (Å²) in [6.07, 6.45) is 3.21. The molecule has 0 N–H and O–H groups in total. The Bertz CT molecular complexity index is 353. The minimum absolute atomic E-state index is 0.230. The fourth-order valence-corrected chi connectivity index (χ4v) is 2.27. The van der Waals surface area contributed by atoms with Crippen LogP contribution in [0.1, 0.15) is 45.9 Å². The number of hydrogen-bond donors (Lipinski definition) is 0. The van der Waals surface area contributed by atoms with E-state index in [4.69, 9.17) is 0 Å². The number of hydrogen-bond acceptors (Lipinski definition) is 1. The van der Waals surface area contributed by atoms with Crippen LogP contribution in [0.25, 0.3) is 0 Å².